The molecule has 0 bridgehead atoms. The van der Waals surface area contributed by atoms with Crippen LogP contribution in [-0.2, 0) is 9.59 Å². The van der Waals surface area contributed by atoms with Crippen molar-refractivity contribution in [3.05, 3.63) is 0 Å². The molecule has 0 spiro atoms. The van der Waals surface area contributed by atoms with Crippen LogP contribution in [-0.4, -0.2) is 22.7 Å². The molecule has 0 aromatic rings. The molecule has 10 heavy (non-hydrogen) atoms. The molecule has 0 aliphatic heterocycles. The van der Waals surface area contributed by atoms with Crippen LogP contribution in [0.3, 0.4) is 0 Å². The predicted molar refractivity (Wildman–Crippen MR) is 46.3 cm³/mol. The average Bonchev–Trinajstić information content (AvgIpc) is 1.99. The molecular formula is C6H10O2S2. The van der Waals surface area contributed by atoms with Crippen molar-refractivity contribution < 1.29 is 9.59 Å². The lowest BCUT2D eigenvalue weighted by molar-refractivity contribution is -0.115. The van der Waals surface area contributed by atoms with Crippen molar-refractivity contribution in [2.45, 2.75) is 12.8 Å². The maximum absolute atomic E-state index is 10.6. The highest BCUT2D eigenvalue weighted by Gasteiger charge is 2.03. The molecule has 0 N–H and O–H groups in total. The Labute approximate surface area is 69.1 Å². The van der Waals surface area contributed by atoms with Gasteiger partial charge >= 0.3 is 0 Å². The Balaban J connectivity index is 3.35. The van der Waals surface area contributed by atoms with E-state index in [9.17, 15) is 9.59 Å². The van der Waals surface area contributed by atoms with E-state index in [1.807, 2.05) is 0 Å². The number of rotatable bonds is 3. The van der Waals surface area contributed by atoms with Crippen LogP contribution < -0.4 is 0 Å². The lowest BCUT2D eigenvalue weighted by Gasteiger charge is -1.93. The van der Waals surface area contributed by atoms with Gasteiger partial charge in [0.2, 0.25) is 0 Å². The van der Waals surface area contributed by atoms with E-state index in [-0.39, 0.29) is 10.2 Å². The van der Waals surface area contributed by atoms with Crippen molar-refractivity contribution in [1.82, 2.24) is 0 Å². The molecule has 58 valence electrons. The summed E-state index contributed by atoms with van der Waals surface area (Å²) in [5.41, 5.74) is 0. The second-order valence-corrected chi connectivity index (χ2v) is 3.38. The fraction of sp³-hybridized carbons (Fsp3) is 0.667. The van der Waals surface area contributed by atoms with E-state index >= 15 is 0 Å². The Kier molecular flexibility index (Phi) is 5.82. The maximum atomic E-state index is 10.6. The molecule has 0 amide bonds. The number of hydrogen-bond donors (Lipinski definition) is 0. The largest absolute Gasteiger partial charge is 0.287 e. The normalized spacial score (nSPS) is 9.40. The Morgan fingerprint density at radius 2 is 1.30 bits per heavy atom. The van der Waals surface area contributed by atoms with Crippen LogP contribution in [0.2, 0.25) is 0 Å². The first-order valence-corrected chi connectivity index (χ1v) is 5.29. The Hall–Kier alpha value is 0.0400. The Morgan fingerprint density at radius 1 is 1.00 bits per heavy atom. The average molecular weight is 178 g/mol. The third-order valence-corrected chi connectivity index (χ3v) is 2.31. The van der Waals surface area contributed by atoms with Gasteiger partial charge in [0.05, 0.1) is 0 Å². The first-order valence-electron chi connectivity index (χ1n) is 2.84. The predicted octanol–water partition coefficient (Wildman–Crippen LogP) is 1.55. The van der Waals surface area contributed by atoms with Gasteiger partial charge in [-0.05, 0) is 12.5 Å². The van der Waals surface area contributed by atoms with Gasteiger partial charge in [-0.2, -0.15) is 0 Å². The third-order valence-electron chi connectivity index (χ3n) is 0.989. The first kappa shape index (κ1) is 10.0. The smallest absolute Gasteiger partial charge is 0.189 e. The van der Waals surface area contributed by atoms with Gasteiger partial charge in [0, 0.05) is 12.8 Å². The van der Waals surface area contributed by atoms with Crippen LogP contribution in [0.4, 0.5) is 0 Å². The summed E-state index contributed by atoms with van der Waals surface area (Å²) in [6.07, 6.45) is 4.21. The minimum absolute atomic E-state index is 0.0856. The highest BCUT2D eigenvalue weighted by atomic mass is 32.2. The van der Waals surface area contributed by atoms with Gasteiger partial charge in [-0.25, -0.2) is 0 Å². The molecular weight excluding hydrogens is 168 g/mol. The fourth-order valence-electron chi connectivity index (χ4n) is 0.408. The van der Waals surface area contributed by atoms with Crippen molar-refractivity contribution in [3.63, 3.8) is 0 Å². The zero-order chi connectivity index (χ0) is 7.98. The zero-order valence-electron chi connectivity index (χ0n) is 6.05. The summed E-state index contributed by atoms with van der Waals surface area (Å²) < 4.78 is 0. The van der Waals surface area contributed by atoms with Gasteiger partial charge in [0.25, 0.3) is 0 Å². The quantitative estimate of drug-likeness (QED) is 0.656. The van der Waals surface area contributed by atoms with Gasteiger partial charge in [-0.1, -0.05) is 23.5 Å². The van der Waals surface area contributed by atoms with Gasteiger partial charge in [-0.15, -0.1) is 0 Å². The summed E-state index contributed by atoms with van der Waals surface area (Å²) in [7, 11) is 0. The molecule has 0 saturated heterocycles. The van der Waals surface area contributed by atoms with Crippen molar-refractivity contribution >= 4 is 33.8 Å². The molecule has 4 heteroatoms. The van der Waals surface area contributed by atoms with Crippen LogP contribution in [0.25, 0.3) is 0 Å². The van der Waals surface area contributed by atoms with Gasteiger partial charge in [0.15, 0.2) is 10.2 Å². The van der Waals surface area contributed by atoms with Gasteiger partial charge < -0.3 is 0 Å². The minimum Gasteiger partial charge on any atom is -0.287 e. The highest BCUT2D eigenvalue weighted by Crippen LogP contribution is 2.07. The van der Waals surface area contributed by atoms with E-state index in [1.165, 1.54) is 23.5 Å². The van der Waals surface area contributed by atoms with E-state index in [2.05, 4.69) is 0 Å². The lowest BCUT2D eigenvalue weighted by atomic mass is 10.4. The molecule has 0 rings (SSSR count). The summed E-state index contributed by atoms with van der Waals surface area (Å²) in [4.78, 5) is 21.3. The highest BCUT2D eigenvalue weighted by molar-refractivity contribution is 8.13. The maximum Gasteiger partial charge on any atom is 0.189 e. The third kappa shape index (κ3) is 4.88. The van der Waals surface area contributed by atoms with Crippen LogP contribution in [0, 0.1) is 0 Å². The Morgan fingerprint density at radius 3 is 1.50 bits per heavy atom. The molecule has 0 saturated carbocycles. The first-order chi connectivity index (χ1) is 4.70. The number of carbonyl (C=O) groups is 2. The number of carbonyl (C=O) groups excluding carboxylic acids is 2. The molecule has 0 radical (unpaired) electrons. The summed E-state index contributed by atoms with van der Waals surface area (Å²) in [5.74, 6) is 0. The lowest BCUT2D eigenvalue weighted by Crippen LogP contribution is -1.96. The molecule has 0 aliphatic rings. The van der Waals surface area contributed by atoms with E-state index in [0.29, 0.717) is 12.8 Å². The van der Waals surface area contributed by atoms with Crippen LogP contribution in [0.15, 0.2) is 0 Å². The molecule has 0 aromatic heterocycles. The fourth-order valence-corrected chi connectivity index (χ4v) is 1.02. The van der Waals surface area contributed by atoms with Gasteiger partial charge in [-0.3, -0.25) is 9.59 Å². The standard InChI is InChI=1S/C6H10O2S2/c1-9-5(7)3-4-6(8)10-2/h3-4H2,1-2H3. The minimum atomic E-state index is 0.0856. The molecule has 0 aliphatic carbocycles. The van der Waals surface area contributed by atoms with Crippen molar-refractivity contribution in [2.75, 3.05) is 12.5 Å². The number of hydrogen-bond acceptors (Lipinski definition) is 4. The Bertz CT molecular complexity index is 118. The van der Waals surface area contributed by atoms with Crippen molar-refractivity contribution in [1.29, 1.82) is 0 Å². The number of thioether (sulfide) groups is 2. The topological polar surface area (TPSA) is 34.1 Å². The van der Waals surface area contributed by atoms with E-state index in [1.54, 1.807) is 12.5 Å². The van der Waals surface area contributed by atoms with Crippen molar-refractivity contribution in [2.24, 2.45) is 0 Å². The summed E-state index contributed by atoms with van der Waals surface area (Å²) in [5, 5.41) is 0.171. The summed E-state index contributed by atoms with van der Waals surface area (Å²) >= 11 is 2.35. The van der Waals surface area contributed by atoms with Gasteiger partial charge in [0.1, 0.15) is 0 Å². The zero-order valence-corrected chi connectivity index (χ0v) is 7.68. The molecule has 0 unspecified atom stereocenters. The van der Waals surface area contributed by atoms with E-state index in [0.717, 1.165) is 0 Å². The second-order valence-electron chi connectivity index (χ2n) is 1.65. The van der Waals surface area contributed by atoms with E-state index < -0.39 is 0 Å². The van der Waals surface area contributed by atoms with E-state index in [4.69, 9.17) is 0 Å². The van der Waals surface area contributed by atoms with Crippen LogP contribution in [0.1, 0.15) is 12.8 Å². The monoisotopic (exact) mass is 178 g/mol. The second kappa shape index (κ2) is 5.80. The van der Waals surface area contributed by atoms with Crippen LogP contribution >= 0.6 is 23.5 Å². The molecule has 0 atom stereocenters. The summed E-state index contributed by atoms with van der Waals surface area (Å²) in [6, 6.07) is 0. The molecule has 0 fully saturated rings. The molecule has 0 aromatic carbocycles. The molecule has 0 heterocycles. The van der Waals surface area contributed by atoms with Crippen molar-refractivity contribution in [3.8, 4) is 0 Å². The summed E-state index contributed by atoms with van der Waals surface area (Å²) in [6.45, 7) is 0. The SMILES string of the molecule is CSC(=O)CCC(=O)SC. The van der Waals surface area contributed by atoms with Crippen LogP contribution in [0.5, 0.6) is 0 Å². The molecule has 2 nitrogen and oxygen atoms in total.